The molecule has 7 nitrogen and oxygen atoms in total. The Bertz CT molecular complexity index is 897. The molecule has 3 aromatic rings. The van der Waals surface area contributed by atoms with Crippen LogP contribution in [0.25, 0.3) is 0 Å². The topological polar surface area (TPSA) is 93.7 Å². The number of nitro benzene ring substituents is 1. The van der Waals surface area contributed by atoms with E-state index in [1.807, 2.05) is 16.8 Å². The molecule has 130 valence electrons. The summed E-state index contributed by atoms with van der Waals surface area (Å²) >= 11 is 1.48. The van der Waals surface area contributed by atoms with Crippen molar-refractivity contribution >= 4 is 27.0 Å². The van der Waals surface area contributed by atoms with E-state index in [4.69, 9.17) is 4.42 Å². The van der Waals surface area contributed by atoms with Crippen LogP contribution in [0, 0.1) is 10.1 Å². The number of nitro groups is 1. The highest BCUT2D eigenvalue weighted by Crippen LogP contribution is 2.24. The fourth-order valence-corrected chi connectivity index (χ4v) is 4.33. The minimum atomic E-state index is -3.84. The van der Waals surface area contributed by atoms with Crippen molar-refractivity contribution in [3.8, 4) is 0 Å². The zero-order chi connectivity index (χ0) is 17.9. The molecule has 3 rings (SSSR count). The number of thiophene rings is 1. The normalized spacial score (nSPS) is 11.7. The molecular formula is C16H14N2O5S2. The van der Waals surface area contributed by atoms with Gasteiger partial charge in [-0.1, -0.05) is 0 Å². The second-order valence-electron chi connectivity index (χ2n) is 5.24. The summed E-state index contributed by atoms with van der Waals surface area (Å²) in [6.07, 6.45) is 1.48. The summed E-state index contributed by atoms with van der Waals surface area (Å²) in [7, 11) is -3.84. The fraction of sp³-hybridized carbons (Fsp3) is 0.125. The molecule has 0 spiro atoms. The van der Waals surface area contributed by atoms with Crippen LogP contribution in [0.3, 0.4) is 0 Å². The minimum Gasteiger partial charge on any atom is -0.468 e. The lowest BCUT2D eigenvalue weighted by molar-refractivity contribution is -0.384. The first-order chi connectivity index (χ1) is 12.0. The predicted octanol–water partition coefficient (Wildman–Crippen LogP) is 3.64. The lowest BCUT2D eigenvalue weighted by Gasteiger charge is -2.21. The Morgan fingerprint density at radius 1 is 1.12 bits per heavy atom. The molecule has 2 aromatic heterocycles. The Morgan fingerprint density at radius 2 is 1.88 bits per heavy atom. The molecule has 0 unspecified atom stereocenters. The molecule has 0 aliphatic rings. The van der Waals surface area contributed by atoms with Crippen molar-refractivity contribution in [3.63, 3.8) is 0 Å². The lowest BCUT2D eigenvalue weighted by atomic mass is 10.3. The molecule has 0 atom stereocenters. The second kappa shape index (κ2) is 7.18. The van der Waals surface area contributed by atoms with Crippen LogP contribution < -0.4 is 0 Å². The third kappa shape index (κ3) is 3.95. The third-order valence-electron chi connectivity index (χ3n) is 3.54. The van der Waals surface area contributed by atoms with Crippen molar-refractivity contribution in [2.24, 2.45) is 0 Å². The van der Waals surface area contributed by atoms with Gasteiger partial charge in [0.1, 0.15) is 5.76 Å². The van der Waals surface area contributed by atoms with Crippen molar-refractivity contribution in [1.82, 2.24) is 4.31 Å². The Kier molecular flexibility index (Phi) is 4.98. The van der Waals surface area contributed by atoms with Gasteiger partial charge in [-0.3, -0.25) is 10.1 Å². The molecule has 0 aliphatic heterocycles. The van der Waals surface area contributed by atoms with Gasteiger partial charge in [-0.05, 0) is 46.7 Å². The highest BCUT2D eigenvalue weighted by atomic mass is 32.2. The van der Waals surface area contributed by atoms with E-state index in [1.54, 1.807) is 12.1 Å². The van der Waals surface area contributed by atoms with Crippen molar-refractivity contribution in [2.75, 3.05) is 0 Å². The van der Waals surface area contributed by atoms with Crippen molar-refractivity contribution in [1.29, 1.82) is 0 Å². The molecule has 0 radical (unpaired) electrons. The number of furan rings is 1. The summed E-state index contributed by atoms with van der Waals surface area (Å²) in [5.41, 5.74) is 0.705. The first-order valence-electron chi connectivity index (χ1n) is 7.25. The van der Waals surface area contributed by atoms with E-state index in [0.29, 0.717) is 5.76 Å². The lowest BCUT2D eigenvalue weighted by Crippen LogP contribution is -2.30. The minimum absolute atomic E-state index is 0.000106. The van der Waals surface area contributed by atoms with Crippen LogP contribution in [0.4, 0.5) is 5.69 Å². The maximum atomic E-state index is 13.0. The van der Waals surface area contributed by atoms with E-state index in [2.05, 4.69) is 0 Å². The second-order valence-corrected chi connectivity index (χ2v) is 7.95. The highest BCUT2D eigenvalue weighted by molar-refractivity contribution is 7.89. The Labute approximate surface area is 148 Å². The predicted molar refractivity (Wildman–Crippen MR) is 92.6 cm³/mol. The van der Waals surface area contributed by atoms with E-state index in [9.17, 15) is 18.5 Å². The Balaban J connectivity index is 1.93. The molecular weight excluding hydrogens is 364 g/mol. The first-order valence-corrected chi connectivity index (χ1v) is 9.63. The molecule has 25 heavy (non-hydrogen) atoms. The quantitative estimate of drug-likeness (QED) is 0.462. The van der Waals surface area contributed by atoms with Gasteiger partial charge in [0, 0.05) is 18.7 Å². The number of hydrogen-bond donors (Lipinski definition) is 0. The van der Waals surface area contributed by atoms with E-state index in [1.165, 1.54) is 46.2 Å². The van der Waals surface area contributed by atoms with Gasteiger partial charge in [-0.2, -0.15) is 15.6 Å². The summed E-state index contributed by atoms with van der Waals surface area (Å²) in [5.74, 6) is 0.515. The summed E-state index contributed by atoms with van der Waals surface area (Å²) in [4.78, 5) is 10.2. The zero-order valence-corrected chi connectivity index (χ0v) is 14.6. The highest BCUT2D eigenvalue weighted by Gasteiger charge is 2.26. The van der Waals surface area contributed by atoms with Gasteiger partial charge in [-0.25, -0.2) is 8.42 Å². The zero-order valence-electron chi connectivity index (χ0n) is 12.9. The smallest absolute Gasteiger partial charge is 0.269 e. The van der Waals surface area contributed by atoms with Crippen LogP contribution in [-0.4, -0.2) is 17.6 Å². The fourth-order valence-electron chi connectivity index (χ4n) is 2.28. The standard InChI is InChI=1S/C16H14N2O5S2/c19-18(20)14-3-5-16(6-4-14)25(21,22)17(10-13-7-9-24-12-13)11-15-2-1-8-23-15/h1-9,12H,10-11H2. The molecule has 2 heterocycles. The van der Waals surface area contributed by atoms with Gasteiger partial charge in [0.25, 0.3) is 5.69 Å². The van der Waals surface area contributed by atoms with Crippen molar-refractivity contribution in [2.45, 2.75) is 18.0 Å². The van der Waals surface area contributed by atoms with Crippen LogP contribution >= 0.6 is 11.3 Å². The number of hydrogen-bond acceptors (Lipinski definition) is 6. The number of non-ortho nitro benzene ring substituents is 1. The van der Waals surface area contributed by atoms with Crippen LogP contribution in [0.2, 0.25) is 0 Å². The summed E-state index contributed by atoms with van der Waals surface area (Å²) in [5, 5.41) is 14.5. The molecule has 0 aliphatic carbocycles. The van der Waals surface area contributed by atoms with E-state index in [0.717, 1.165) is 5.56 Å². The van der Waals surface area contributed by atoms with Crippen LogP contribution in [0.15, 0.2) is 68.8 Å². The van der Waals surface area contributed by atoms with E-state index >= 15 is 0 Å². The number of nitrogens with zero attached hydrogens (tertiary/aromatic N) is 2. The van der Waals surface area contributed by atoms with E-state index in [-0.39, 0.29) is 23.7 Å². The first kappa shape index (κ1) is 17.3. The molecule has 0 fully saturated rings. The number of sulfonamides is 1. The largest absolute Gasteiger partial charge is 0.468 e. The molecule has 0 amide bonds. The van der Waals surface area contributed by atoms with Gasteiger partial charge in [0.2, 0.25) is 10.0 Å². The molecule has 0 saturated heterocycles. The van der Waals surface area contributed by atoms with Crippen LogP contribution in [0.1, 0.15) is 11.3 Å². The van der Waals surface area contributed by atoms with Crippen molar-refractivity contribution < 1.29 is 17.8 Å². The molecule has 0 saturated carbocycles. The number of rotatable bonds is 7. The molecule has 0 N–H and O–H groups in total. The van der Waals surface area contributed by atoms with Gasteiger partial charge in [-0.15, -0.1) is 0 Å². The summed E-state index contributed by atoms with van der Waals surface area (Å²) < 4.78 is 32.5. The average molecular weight is 378 g/mol. The SMILES string of the molecule is O=[N+]([O-])c1ccc(S(=O)(=O)N(Cc2ccsc2)Cc2ccco2)cc1. The summed E-state index contributed by atoms with van der Waals surface area (Å²) in [6, 6.07) is 10.1. The van der Waals surface area contributed by atoms with E-state index < -0.39 is 14.9 Å². The average Bonchev–Trinajstić information content (AvgIpc) is 3.28. The van der Waals surface area contributed by atoms with Crippen molar-refractivity contribution in [3.05, 3.63) is 80.9 Å². The monoisotopic (exact) mass is 378 g/mol. The molecule has 9 heteroatoms. The van der Waals surface area contributed by atoms with Gasteiger partial charge in [0.05, 0.1) is 22.6 Å². The maximum absolute atomic E-state index is 13.0. The molecule has 1 aromatic carbocycles. The maximum Gasteiger partial charge on any atom is 0.269 e. The third-order valence-corrected chi connectivity index (χ3v) is 6.07. The Hall–Kier alpha value is -2.49. The summed E-state index contributed by atoms with van der Waals surface area (Å²) in [6.45, 7) is 0.256. The Morgan fingerprint density at radius 3 is 2.44 bits per heavy atom. The van der Waals surface area contributed by atoms with Gasteiger partial charge >= 0.3 is 0 Å². The van der Waals surface area contributed by atoms with Gasteiger partial charge < -0.3 is 4.42 Å². The molecule has 0 bridgehead atoms. The van der Waals surface area contributed by atoms with Crippen LogP contribution in [0.5, 0.6) is 0 Å². The number of benzene rings is 1. The van der Waals surface area contributed by atoms with Gasteiger partial charge in [0.15, 0.2) is 0 Å². The van der Waals surface area contributed by atoms with Crippen LogP contribution in [-0.2, 0) is 23.1 Å².